The van der Waals surface area contributed by atoms with Crippen LogP contribution < -0.4 is 9.64 Å². The van der Waals surface area contributed by atoms with E-state index in [0.717, 1.165) is 21.3 Å². The average Bonchev–Trinajstić information content (AvgIpc) is 3.21. The molecule has 0 aliphatic carbocycles. The fourth-order valence-electron chi connectivity index (χ4n) is 3.25. The molecule has 1 aromatic heterocycles. The summed E-state index contributed by atoms with van der Waals surface area (Å²) in [6.07, 6.45) is -0.115. The Morgan fingerprint density at radius 3 is 2.28 bits per heavy atom. The van der Waals surface area contributed by atoms with Crippen molar-refractivity contribution in [1.82, 2.24) is 9.88 Å². The number of hydrogen-bond donors (Lipinski definition) is 0. The summed E-state index contributed by atoms with van der Waals surface area (Å²) in [4.78, 5) is 21.7. The first-order valence-corrected chi connectivity index (χ1v) is 12.8. The molecule has 1 heterocycles. The van der Waals surface area contributed by atoms with E-state index in [1.807, 2.05) is 45.0 Å². The molecule has 0 fully saturated rings. The van der Waals surface area contributed by atoms with Gasteiger partial charge < -0.3 is 9.64 Å². The van der Waals surface area contributed by atoms with Crippen molar-refractivity contribution in [3.05, 3.63) is 47.5 Å². The summed E-state index contributed by atoms with van der Waals surface area (Å²) >= 11 is 1.47. The zero-order valence-electron chi connectivity index (χ0n) is 19.1. The first-order valence-electron chi connectivity index (χ1n) is 10.3. The molecule has 0 saturated heterocycles. The molecule has 1 amide bonds. The standard InChI is InChI=1S/C23H29N3O4S2/c1-16-6-7-17(2)22-21(16)24-23(31-22)26(14-13-25(3)4)20(27)12-15-32(28,29)19-10-8-18(30-5)9-11-19/h6-11H,12-15H2,1-5H3. The Labute approximate surface area is 193 Å². The molecular formula is C23H29N3O4S2. The number of benzene rings is 2. The van der Waals surface area contributed by atoms with E-state index in [4.69, 9.17) is 9.72 Å². The van der Waals surface area contributed by atoms with Gasteiger partial charge in [-0.2, -0.15) is 0 Å². The van der Waals surface area contributed by atoms with Gasteiger partial charge in [0, 0.05) is 19.5 Å². The lowest BCUT2D eigenvalue weighted by Gasteiger charge is -2.22. The van der Waals surface area contributed by atoms with E-state index < -0.39 is 9.84 Å². The normalized spacial score (nSPS) is 11.8. The van der Waals surface area contributed by atoms with E-state index in [-0.39, 0.29) is 23.0 Å². The van der Waals surface area contributed by atoms with Crippen LogP contribution in [-0.2, 0) is 14.6 Å². The molecule has 0 atom stereocenters. The zero-order chi connectivity index (χ0) is 23.5. The average molecular weight is 476 g/mol. The van der Waals surface area contributed by atoms with Gasteiger partial charge in [0.2, 0.25) is 5.91 Å². The number of fused-ring (bicyclic) bond motifs is 1. The highest BCUT2D eigenvalue weighted by atomic mass is 32.2. The second-order valence-corrected chi connectivity index (χ2v) is 11.1. The summed E-state index contributed by atoms with van der Waals surface area (Å²) in [6, 6.07) is 10.3. The van der Waals surface area contributed by atoms with Crippen LogP contribution in [0.1, 0.15) is 17.5 Å². The van der Waals surface area contributed by atoms with Gasteiger partial charge in [-0.05, 0) is 63.3 Å². The number of aryl methyl sites for hydroxylation is 2. The van der Waals surface area contributed by atoms with E-state index in [1.165, 1.54) is 30.6 Å². The van der Waals surface area contributed by atoms with Gasteiger partial charge in [0.1, 0.15) is 5.75 Å². The maximum absolute atomic E-state index is 13.2. The number of amides is 1. The van der Waals surface area contributed by atoms with Crippen LogP contribution in [0.4, 0.5) is 5.13 Å². The molecule has 0 unspecified atom stereocenters. The third-order valence-corrected chi connectivity index (χ3v) is 8.18. The van der Waals surface area contributed by atoms with Crippen molar-refractivity contribution in [2.45, 2.75) is 25.2 Å². The maximum Gasteiger partial charge on any atom is 0.229 e. The number of anilines is 1. The molecular weight excluding hydrogens is 446 g/mol. The Hall–Kier alpha value is -2.49. The Balaban J connectivity index is 1.83. The van der Waals surface area contributed by atoms with Gasteiger partial charge in [-0.1, -0.05) is 23.5 Å². The van der Waals surface area contributed by atoms with E-state index in [1.54, 1.807) is 17.0 Å². The van der Waals surface area contributed by atoms with E-state index in [9.17, 15) is 13.2 Å². The Morgan fingerprint density at radius 1 is 1.03 bits per heavy atom. The number of aromatic nitrogens is 1. The summed E-state index contributed by atoms with van der Waals surface area (Å²) in [5.41, 5.74) is 3.05. The molecule has 3 aromatic rings. The van der Waals surface area contributed by atoms with Crippen molar-refractivity contribution in [2.75, 3.05) is 44.9 Å². The van der Waals surface area contributed by atoms with Crippen molar-refractivity contribution in [2.24, 2.45) is 0 Å². The SMILES string of the molecule is COc1ccc(S(=O)(=O)CCC(=O)N(CCN(C)C)c2nc3c(C)ccc(C)c3s2)cc1. The molecule has 0 saturated carbocycles. The zero-order valence-corrected chi connectivity index (χ0v) is 20.7. The quantitative estimate of drug-likeness (QED) is 0.470. The number of ether oxygens (including phenoxy) is 1. The minimum atomic E-state index is -3.60. The molecule has 0 aliphatic rings. The van der Waals surface area contributed by atoms with Gasteiger partial charge >= 0.3 is 0 Å². The van der Waals surface area contributed by atoms with Crippen LogP contribution >= 0.6 is 11.3 Å². The Morgan fingerprint density at radius 2 is 1.69 bits per heavy atom. The minimum Gasteiger partial charge on any atom is -0.497 e. The van der Waals surface area contributed by atoms with E-state index >= 15 is 0 Å². The molecule has 0 radical (unpaired) electrons. The number of methoxy groups -OCH3 is 1. The first-order chi connectivity index (χ1) is 15.1. The number of nitrogens with zero attached hydrogens (tertiary/aromatic N) is 3. The van der Waals surface area contributed by atoms with E-state index in [2.05, 4.69) is 0 Å². The molecule has 3 rings (SSSR count). The number of thiazole rings is 1. The van der Waals surface area contributed by atoms with Crippen LogP contribution in [0.2, 0.25) is 0 Å². The lowest BCUT2D eigenvalue weighted by molar-refractivity contribution is -0.118. The summed E-state index contributed by atoms with van der Waals surface area (Å²) < 4.78 is 31.7. The van der Waals surface area contributed by atoms with Crippen LogP contribution in [0.15, 0.2) is 41.3 Å². The second kappa shape index (κ2) is 9.97. The van der Waals surface area contributed by atoms with E-state index in [0.29, 0.717) is 24.0 Å². The number of carbonyl (C=O) groups excluding carboxylic acids is 1. The summed E-state index contributed by atoms with van der Waals surface area (Å²) in [6.45, 7) is 5.10. The highest BCUT2D eigenvalue weighted by Crippen LogP contribution is 2.33. The van der Waals surface area contributed by atoms with Crippen molar-refractivity contribution < 1.29 is 17.9 Å². The highest BCUT2D eigenvalue weighted by molar-refractivity contribution is 7.91. The third-order valence-electron chi connectivity index (χ3n) is 5.24. The summed E-state index contributed by atoms with van der Waals surface area (Å²) in [7, 11) is 1.80. The van der Waals surface area contributed by atoms with Crippen LogP contribution in [0, 0.1) is 13.8 Å². The second-order valence-electron chi connectivity index (χ2n) is 7.97. The smallest absolute Gasteiger partial charge is 0.229 e. The van der Waals surface area contributed by atoms with Crippen molar-refractivity contribution >= 4 is 42.4 Å². The summed E-state index contributed by atoms with van der Waals surface area (Å²) in [5, 5.41) is 0.603. The molecule has 9 heteroatoms. The number of sulfone groups is 1. The Bertz CT molecular complexity index is 1160. The van der Waals surface area contributed by atoms with Crippen molar-refractivity contribution in [3.8, 4) is 5.75 Å². The van der Waals surface area contributed by atoms with Gasteiger partial charge in [-0.15, -0.1) is 0 Å². The number of hydrogen-bond acceptors (Lipinski definition) is 7. The van der Waals surface area contributed by atoms with Crippen LogP contribution in [-0.4, -0.2) is 64.3 Å². The van der Waals surface area contributed by atoms with Gasteiger partial charge in [0.05, 0.1) is 28.0 Å². The maximum atomic E-state index is 13.2. The van der Waals surface area contributed by atoms with Crippen LogP contribution in [0.25, 0.3) is 10.2 Å². The Kier molecular flexibility index (Phi) is 7.53. The van der Waals surface area contributed by atoms with Crippen LogP contribution in [0.3, 0.4) is 0 Å². The predicted molar refractivity (Wildman–Crippen MR) is 130 cm³/mol. The molecule has 0 N–H and O–H groups in total. The monoisotopic (exact) mass is 475 g/mol. The van der Waals surface area contributed by atoms with Crippen molar-refractivity contribution in [1.29, 1.82) is 0 Å². The largest absolute Gasteiger partial charge is 0.497 e. The van der Waals surface area contributed by atoms with Gasteiger partial charge in [-0.3, -0.25) is 9.69 Å². The lowest BCUT2D eigenvalue weighted by atomic mass is 10.1. The number of likely N-dealkylation sites (N-methyl/N-ethyl adjacent to an activating group) is 1. The highest BCUT2D eigenvalue weighted by Gasteiger charge is 2.24. The molecule has 0 spiro atoms. The van der Waals surface area contributed by atoms with Gasteiger partial charge in [0.25, 0.3) is 0 Å². The summed E-state index contributed by atoms with van der Waals surface area (Å²) in [5.74, 6) is 0.0640. The lowest BCUT2D eigenvalue weighted by Crippen LogP contribution is -2.37. The molecule has 2 aromatic carbocycles. The fourth-order valence-corrected chi connectivity index (χ4v) is 5.63. The van der Waals surface area contributed by atoms with Gasteiger partial charge in [0.15, 0.2) is 15.0 Å². The molecule has 0 bridgehead atoms. The topological polar surface area (TPSA) is 79.8 Å². The molecule has 0 aliphatic heterocycles. The molecule has 172 valence electrons. The van der Waals surface area contributed by atoms with Crippen LogP contribution in [0.5, 0.6) is 5.75 Å². The number of rotatable bonds is 9. The first kappa shape index (κ1) is 24.2. The fraction of sp³-hybridized carbons (Fsp3) is 0.391. The molecule has 32 heavy (non-hydrogen) atoms. The predicted octanol–water partition coefficient (Wildman–Crippen LogP) is 3.68. The minimum absolute atomic E-state index is 0.115. The number of carbonyl (C=O) groups is 1. The van der Waals surface area contributed by atoms with Gasteiger partial charge in [-0.25, -0.2) is 13.4 Å². The third kappa shape index (κ3) is 5.46. The molecule has 7 nitrogen and oxygen atoms in total. The van der Waals surface area contributed by atoms with Crippen molar-refractivity contribution in [3.63, 3.8) is 0 Å².